The van der Waals surface area contributed by atoms with Gasteiger partial charge in [0.05, 0.1) is 4.88 Å². The lowest BCUT2D eigenvalue weighted by Crippen LogP contribution is -2.33. The predicted molar refractivity (Wildman–Crippen MR) is 100 cm³/mol. The molecule has 1 amide bonds. The topological polar surface area (TPSA) is 32.3 Å². The summed E-state index contributed by atoms with van der Waals surface area (Å²) in [5, 5.41) is 4.05. The highest BCUT2D eigenvalue weighted by atomic mass is 35.5. The lowest BCUT2D eigenvalue weighted by Gasteiger charge is -2.18. The molecule has 1 fully saturated rings. The highest BCUT2D eigenvalue weighted by molar-refractivity contribution is 7.17. The Bertz CT molecular complexity index is 679. The summed E-state index contributed by atoms with van der Waals surface area (Å²) in [6.07, 6.45) is 1.01. The number of amides is 1. The molecule has 1 aliphatic heterocycles. The molecule has 3 rings (SSSR count). The number of thiophene rings is 1. The van der Waals surface area contributed by atoms with Crippen molar-refractivity contribution in [1.29, 1.82) is 0 Å². The number of carbonyl (C=O) groups excluding carboxylic acids is 1. The summed E-state index contributed by atoms with van der Waals surface area (Å²) in [6, 6.07) is 9.80. The number of hydrogen-bond acceptors (Lipinski definition) is 3. The van der Waals surface area contributed by atoms with E-state index in [9.17, 15) is 4.79 Å². The van der Waals surface area contributed by atoms with Crippen LogP contribution in [0.1, 0.15) is 21.7 Å². The Kier molecular flexibility index (Phi) is 6.48. The van der Waals surface area contributed by atoms with E-state index in [2.05, 4.69) is 5.32 Å². The molecule has 23 heavy (non-hydrogen) atoms. The maximum Gasteiger partial charge on any atom is 0.263 e. The van der Waals surface area contributed by atoms with Gasteiger partial charge in [0.2, 0.25) is 0 Å². The Balaban J connectivity index is 0.00000192. The van der Waals surface area contributed by atoms with Gasteiger partial charge in [0, 0.05) is 29.5 Å². The first-order chi connectivity index (χ1) is 10.6. The van der Waals surface area contributed by atoms with Gasteiger partial charge in [-0.15, -0.1) is 23.7 Å². The third-order valence-corrected chi connectivity index (χ3v) is 5.35. The molecule has 1 aliphatic rings. The van der Waals surface area contributed by atoms with Crippen LogP contribution in [0.25, 0.3) is 10.4 Å². The van der Waals surface area contributed by atoms with E-state index in [1.54, 1.807) is 11.3 Å². The fourth-order valence-corrected chi connectivity index (χ4v) is 4.04. The summed E-state index contributed by atoms with van der Waals surface area (Å²) >= 11 is 7.64. The number of benzene rings is 1. The van der Waals surface area contributed by atoms with Gasteiger partial charge in [-0.1, -0.05) is 23.7 Å². The largest absolute Gasteiger partial charge is 0.337 e. The zero-order chi connectivity index (χ0) is 15.5. The zero-order valence-corrected chi connectivity index (χ0v) is 15.4. The molecule has 2 heterocycles. The molecule has 1 saturated heterocycles. The summed E-state index contributed by atoms with van der Waals surface area (Å²) in [6.45, 7) is 5.52. The standard InChI is InChI=1S/C17H19ClN2OS.ClH/c1-12-10-15(17(21)20-8-3-6-19-7-9-20)22-16(12)13-4-2-5-14(18)11-13;/h2,4-5,10-11,19H,3,6-9H2,1H3;1H. The maximum atomic E-state index is 12.7. The summed E-state index contributed by atoms with van der Waals surface area (Å²) in [7, 11) is 0. The van der Waals surface area contributed by atoms with Crippen molar-refractivity contribution in [3.63, 3.8) is 0 Å². The van der Waals surface area contributed by atoms with Gasteiger partial charge in [-0.05, 0) is 49.2 Å². The van der Waals surface area contributed by atoms with Crippen molar-refractivity contribution in [2.75, 3.05) is 26.2 Å². The average Bonchev–Trinajstić information content (AvgIpc) is 2.73. The van der Waals surface area contributed by atoms with Crippen LogP contribution in [0.5, 0.6) is 0 Å². The van der Waals surface area contributed by atoms with E-state index >= 15 is 0 Å². The third-order valence-electron chi connectivity index (χ3n) is 3.84. The van der Waals surface area contributed by atoms with Crippen LogP contribution in [-0.4, -0.2) is 37.0 Å². The minimum Gasteiger partial charge on any atom is -0.337 e. The van der Waals surface area contributed by atoms with Gasteiger partial charge >= 0.3 is 0 Å². The number of carbonyl (C=O) groups is 1. The number of aryl methyl sites for hydroxylation is 1. The lowest BCUT2D eigenvalue weighted by molar-refractivity contribution is 0.0771. The molecule has 1 aromatic heterocycles. The summed E-state index contributed by atoms with van der Waals surface area (Å²) in [5.41, 5.74) is 2.20. The molecule has 6 heteroatoms. The van der Waals surface area contributed by atoms with Crippen molar-refractivity contribution < 1.29 is 4.79 Å². The molecule has 1 N–H and O–H groups in total. The lowest BCUT2D eigenvalue weighted by atomic mass is 10.1. The smallest absolute Gasteiger partial charge is 0.263 e. The number of nitrogens with zero attached hydrogens (tertiary/aromatic N) is 1. The van der Waals surface area contributed by atoms with E-state index in [0.29, 0.717) is 0 Å². The Morgan fingerprint density at radius 1 is 1.26 bits per heavy atom. The second-order valence-corrected chi connectivity index (χ2v) is 7.02. The van der Waals surface area contributed by atoms with Gasteiger partial charge in [0.1, 0.15) is 0 Å². The van der Waals surface area contributed by atoms with Crippen molar-refractivity contribution >= 4 is 41.3 Å². The van der Waals surface area contributed by atoms with E-state index in [1.165, 1.54) is 0 Å². The molecular formula is C17H20Cl2N2OS. The molecule has 1 aromatic carbocycles. The molecule has 0 saturated carbocycles. The van der Waals surface area contributed by atoms with Crippen molar-refractivity contribution in [3.05, 3.63) is 45.8 Å². The van der Waals surface area contributed by atoms with E-state index in [0.717, 1.165) is 58.5 Å². The molecule has 3 nitrogen and oxygen atoms in total. The van der Waals surface area contributed by atoms with E-state index in [1.807, 2.05) is 42.2 Å². The fourth-order valence-electron chi connectivity index (χ4n) is 2.71. The molecule has 0 spiro atoms. The Morgan fingerprint density at radius 2 is 2.09 bits per heavy atom. The normalized spacial score (nSPS) is 15.0. The summed E-state index contributed by atoms with van der Waals surface area (Å²) in [4.78, 5) is 16.6. The van der Waals surface area contributed by atoms with Crippen molar-refractivity contribution in [1.82, 2.24) is 10.2 Å². The highest BCUT2D eigenvalue weighted by Gasteiger charge is 2.20. The van der Waals surface area contributed by atoms with Crippen LogP contribution < -0.4 is 5.32 Å². The SMILES string of the molecule is Cc1cc(C(=O)N2CCCNCC2)sc1-c1cccc(Cl)c1.Cl. The molecule has 0 radical (unpaired) electrons. The van der Waals surface area contributed by atoms with Crippen LogP contribution in [-0.2, 0) is 0 Å². The van der Waals surface area contributed by atoms with Gasteiger partial charge in [0.15, 0.2) is 0 Å². The van der Waals surface area contributed by atoms with Gasteiger partial charge < -0.3 is 10.2 Å². The Hall–Kier alpha value is -1.07. The maximum absolute atomic E-state index is 12.7. The second-order valence-electron chi connectivity index (χ2n) is 5.53. The van der Waals surface area contributed by atoms with E-state index in [-0.39, 0.29) is 18.3 Å². The zero-order valence-electron chi connectivity index (χ0n) is 13.0. The molecule has 0 aliphatic carbocycles. The van der Waals surface area contributed by atoms with Gasteiger partial charge in [0.25, 0.3) is 5.91 Å². The minimum atomic E-state index is 0. The predicted octanol–water partition coefficient (Wildman–Crippen LogP) is 4.23. The first kappa shape index (κ1) is 18.3. The van der Waals surface area contributed by atoms with Crippen LogP contribution in [0, 0.1) is 6.92 Å². The van der Waals surface area contributed by atoms with Crippen molar-refractivity contribution in [2.24, 2.45) is 0 Å². The minimum absolute atomic E-state index is 0. The fraction of sp³-hybridized carbons (Fsp3) is 0.353. The molecule has 0 unspecified atom stereocenters. The second kappa shape index (κ2) is 8.15. The van der Waals surface area contributed by atoms with Gasteiger partial charge in [-0.25, -0.2) is 0 Å². The molecule has 2 aromatic rings. The Labute approximate surface area is 152 Å². The first-order valence-electron chi connectivity index (χ1n) is 7.51. The van der Waals surface area contributed by atoms with Gasteiger partial charge in [-0.2, -0.15) is 0 Å². The molecule has 124 valence electrons. The monoisotopic (exact) mass is 370 g/mol. The number of hydrogen-bond donors (Lipinski definition) is 1. The quantitative estimate of drug-likeness (QED) is 0.857. The van der Waals surface area contributed by atoms with Crippen LogP contribution in [0.3, 0.4) is 0 Å². The molecular weight excluding hydrogens is 351 g/mol. The van der Waals surface area contributed by atoms with Gasteiger partial charge in [-0.3, -0.25) is 4.79 Å². The number of nitrogens with one attached hydrogen (secondary N) is 1. The average molecular weight is 371 g/mol. The summed E-state index contributed by atoms with van der Waals surface area (Å²) < 4.78 is 0. The van der Waals surface area contributed by atoms with Crippen LogP contribution in [0.15, 0.2) is 30.3 Å². The summed E-state index contributed by atoms with van der Waals surface area (Å²) in [5.74, 6) is 0.144. The first-order valence-corrected chi connectivity index (χ1v) is 8.71. The van der Waals surface area contributed by atoms with Crippen LogP contribution >= 0.6 is 35.3 Å². The van der Waals surface area contributed by atoms with Crippen molar-refractivity contribution in [2.45, 2.75) is 13.3 Å². The van der Waals surface area contributed by atoms with E-state index in [4.69, 9.17) is 11.6 Å². The third kappa shape index (κ3) is 4.27. The molecule has 0 atom stereocenters. The van der Waals surface area contributed by atoms with E-state index < -0.39 is 0 Å². The molecule has 0 bridgehead atoms. The van der Waals surface area contributed by atoms with Crippen LogP contribution in [0.4, 0.5) is 0 Å². The number of halogens is 2. The Morgan fingerprint density at radius 3 is 2.87 bits per heavy atom. The van der Waals surface area contributed by atoms with Crippen LogP contribution in [0.2, 0.25) is 5.02 Å². The highest BCUT2D eigenvalue weighted by Crippen LogP contribution is 2.34. The van der Waals surface area contributed by atoms with Crippen molar-refractivity contribution in [3.8, 4) is 10.4 Å². The number of rotatable bonds is 2.